The van der Waals surface area contributed by atoms with Crippen LogP contribution in [0.25, 0.3) is 0 Å². The van der Waals surface area contributed by atoms with Crippen molar-refractivity contribution in [3.8, 4) is 0 Å². The Labute approximate surface area is 124 Å². The van der Waals surface area contributed by atoms with Crippen LogP contribution >= 0.6 is 11.3 Å². The van der Waals surface area contributed by atoms with E-state index in [4.69, 9.17) is 4.42 Å². The van der Waals surface area contributed by atoms with Gasteiger partial charge in [0.15, 0.2) is 0 Å². The van der Waals surface area contributed by atoms with E-state index in [2.05, 4.69) is 41.4 Å². The molecule has 0 saturated heterocycles. The van der Waals surface area contributed by atoms with Crippen LogP contribution in [0.3, 0.4) is 0 Å². The second-order valence-corrected chi connectivity index (χ2v) is 6.09. The molecule has 4 nitrogen and oxygen atoms in total. The normalized spacial score (nSPS) is 11.7. The zero-order chi connectivity index (χ0) is 14.4. The summed E-state index contributed by atoms with van der Waals surface area (Å²) >= 11 is 1.73. The van der Waals surface area contributed by atoms with E-state index in [1.54, 1.807) is 17.6 Å². The lowest BCUT2D eigenvalue weighted by molar-refractivity contribution is 0.245. The van der Waals surface area contributed by atoms with Crippen LogP contribution in [0, 0.1) is 0 Å². The third-order valence-corrected chi connectivity index (χ3v) is 3.95. The maximum Gasteiger partial charge on any atom is 0.117 e. The molecule has 0 aliphatic rings. The highest BCUT2D eigenvalue weighted by atomic mass is 32.1. The molecule has 0 amide bonds. The molecule has 0 aliphatic heterocycles. The maximum atomic E-state index is 5.40. The minimum atomic E-state index is 0.494. The summed E-state index contributed by atoms with van der Waals surface area (Å²) in [4.78, 5) is 7.01. The van der Waals surface area contributed by atoms with Gasteiger partial charge in [-0.2, -0.15) is 0 Å². The lowest BCUT2D eigenvalue weighted by Crippen LogP contribution is -2.23. The molecular weight excluding hydrogens is 270 g/mol. The Morgan fingerprint density at radius 1 is 1.40 bits per heavy atom. The van der Waals surface area contributed by atoms with Crippen molar-refractivity contribution in [3.63, 3.8) is 0 Å². The van der Waals surface area contributed by atoms with Crippen LogP contribution in [0.2, 0.25) is 0 Å². The zero-order valence-corrected chi connectivity index (χ0v) is 13.2. The molecule has 0 aliphatic carbocycles. The van der Waals surface area contributed by atoms with E-state index in [0.717, 1.165) is 42.6 Å². The predicted molar refractivity (Wildman–Crippen MR) is 82.6 cm³/mol. The number of furan rings is 1. The van der Waals surface area contributed by atoms with Gasteiger partial charge < -0.3 is 9.73 Å². The highest BCUT2D eigenvalue weighted by molar-refractivity contribution is 7.09. The Morgan fingerprint density at radius 3 is 2.90 bits per heavy atom. The van der Waals surface area contributed by atoms with Crippen LogP contribution in [0.5, 0.6) is 0 Å². The predicted octanol–water partition coefficient (Wildman–Crippen LogP) is 3.26. The van der Waals surface area contributed by atoms with Gasteiger partial charge in [-0.3, -0.25) is 4.90 Å². The third-order valence-electron chi connectivity index (χ3n) is 3.05. The van der Waals surface area contributed by atoms with E-state index in [0.29, 0.717) is 6.04 Å². The highest BCUT2D eigenvalue weighted by Gasteiger charge is 2.09. The Hall–Kier alpha value is -1.17. The minimum Gasteiger partial charge on any atom is -0.468 e. The van der Waals surface area contributed by atoms with Crippen molar-refractivity contribution in [2.75, 3.05) is 6.54 Å². The maximum absolute atomic E-state index is 5.40. The van der Waals surface area contributed by atoms with Crippen molar-refractivity contribution in [2.45, 2.75) is 46.4 Å². The summed E-state index contributed by atoms with van der Waals surface area (Å²) in [5.41, 5.74) is 1.14. The molecule has 20 heavy (non-hydrogen) atoms. The first-order chi connectivity index (χ1) is 9.67. The van der Waals surface area contributed by atoms with E-state index in [1.807, 2.05) is 12.1 Å². The summed E-state index contributed by atoms with van der Waals surface area (Å²) in [7, 11) is 0. The average Bonchev–Trinajstić information content (AvgIpc) is 3.07. The molecule has 0 radical (unpaired) electrons. The van der Waals surface area contributed by atoms with E-state index in [1.165, 1.54) is 0 Å². The standard InChI is InChI=1S/C15H23N3OS/c1-4-18(10-14-6-5-7-19-14)9-13-11-20-15(17-13)8-16-12(2)3/h5-7,11-12,16H,4,8-10H2,1-3H3. The van der Waals surface area contributed by atoms with Crippen molar-refractivity contribution in [1.82, 2.24) is 15.2 Å². The van der Waals surface area contributed by atoms with E-state index in [-0.39, 0.29) is 0 Å². The number of hydrogen-bond donors (Lipinski definition) is 1. The van der Waals surface area contributed by atoms with Gasteiger partial charge >= 0.3 is 0 Å². The van der Waals surface area contributed by atoms with E-state index in [9.17, 15) is 0 Å². The molecule has 1 N–H and O–H groups in total. The third kappa shape index (κ3) is 4.74. The molecule has 0 bridgehead atoms. The molecule has 0 spiro atoms. The van der Waals surface area contributed by atoms with Gasteiger partial charge in [0.2, 0.25) is 0 Å². The molecule has 2 heterocycles. The van der Waals surface area contributed by atoms with Gasteiger partial charge in [0, 0.05) is 24.5 Å². The zero-order valence-electron chi connectivity index (χ0n) is 12.4. The van der Waals surface area contributed by atoms with Crippen LogP contribution in [0.1, 0.15) is 37.2 Å². The van der Waals surface area contributed by atoms with E-state index < -0.39 is 0 Å². The molecule has 5 heteroatoms. The largest absolute Gasteiger partial charge is 0.468 e. The first-order valence-electron chi connectivity index (χ1n) is 7.08. The van der Waals surface area contributed by atoms with Crippen molar-refractivity contribution in [2.24, 2.45) is 0 Å². The van der Waals surface area contributed by atoms with E-state index >= 15 is 0 Å². The second kappa shape index (κ2) is 7.57. The smallest absolute Gasteiger partial charge is 0.117 e. The summed E-state index contributed by atoms with van der Waals surface area (Å²) < 4.78 is 5.40. The first kappa shape index (κ1) is 15.2. The number of nitrogens with zero attached hydrogens (tertiary/aromatic N) is 2. The SMILES string of the molecule is CCN(Cc1csc(CNC(C)C)n1)Cc1ccco1. The van der Waals surface area contributed by atoms with Crippen LogP contribution < -0.4 is 5.32 Å². The Balaban J connectivity index is 1.87. The van der Waals surface area contributed by atoms with Crippen LogP contribution in [-0.2, 0) is 19.6 Å². The summed E-state index contributed by atoms with van der Waals surface area (Å²) in [6.45, 7) is 10.0. The summed E-state index contributed by atoms with van der Waals surface area (Å²) in [6, 6.07) is 4.44. The van der Waals surface area contributed by atoms with Gasteiger partial charge in [0.05, 0.1) is 18.5 Å². The van der Waals surface area contributed by atoms with Crippen molar-refractivity contribution in [1.29, 1.82) is 0 Å². The Morgan fingerprint density at radius 2 is 2.25 bits per heavy atom. The van der Waals surface area contributed by atoms with Gasteiger partial charge in [-0.1, -0.05) is 20.8 Å². The highest BCUT2D eigenvalue weighted by Crippen LogP contribution is 2.14. The van der Waals surface area contributed by atoms with Crippen LogP contribution in [0.4, 0.5) is 0 Å². The average molecular weight is 293 g/mol. The minimum absolute atomic E-state index is 0.494. The Kier molecular flexibility index (Phi) is 5.76. The lowest BCUT2D eigenvalue weighted by Gasteiger charge is -2.17. The fourth-order valence-corrected chi connectivity index (χ4v) is 2.66. The van der Waals surface area contributed by atoms with Crippen molar-refractivity contribution >= 4 is 11.3 Å². The molecular formula is C15H23N3OS. The van der Waals surface area contributed by atoms with Gasteiger partial charge in [-0.25, -0.2) is 4.98 Å². The monoisotopic (exact) mass is 293 g/mol. The molecule has 2 rings (SSSR count). The summed E-state index contributed by atoms with van der Waals surface area (Å²) in [6.07, 6.45) is 1.72. The summed E-state index contributed by atoms with van der Waals surface area (Å²) in [5, 5.41) is 6.71. The molecule has 110 valence electrons. The van der Waals surface area contributed by atoms with Gasteiger partial charge in [0.25, 0.3) is 0 Å². The number of rotatable bonds is 8. The number of thiazole rings is 1. The molecule has 0 saturated carbocycles. The topological polar surface area (TPSA) is 41.3 Å². The summed E-state index contributed by atoms with van der Waals surface area (Å²) in [5.74, 6) is 1.00. The van der Waals surface area contributed by atoms with Gasteiger partial charge in [0.1, 0.15) is 10.8 Å². The van der Waals surface area contributed by atoms with Crippen molar-refractivity contribution < 1.29 is 4.42 Å². The van der Waals surface area contributed by atoms with Crippen LogP contribution in [0.15, 0.2) is 28.2 Å². The fraction of sp³-hybridized carbons (Fsp3) is 0.533. The van der Waals surface area contributed by atoms with Crippen LogP contribution in [-0.4, -0.2) is 22.5 Å². The second-order valence-electron chi connectivity index (χ2n) is 5.15. The molecule has 2 aromatic rings. The molecule has 0 atom stereocenters. The number of nitrogens with one attached hydrogen (secondary N) is 1. The van der Waals surface area contributed by atoms with Crippen molar-refractivity contribution in [3.05, 3.63) is 40.2 Å². The van der Waals surface area contributed by atoms with Gasteiger partial charge in [-0.15, -0.1) is 11.3 Å². The molecule has 0 aromatic carbocycles. The molecule has 2 aromatic heterocycles. The van der Waals surface area contributed by atoms with Gasteiger partial charge in [-0.05, 0) is 18.7 Å². The fourth-order valence-electron chi connectivity index (χ4n) is 1.93. The quantitative estimate of drug-likeness (QED) is 0.811. The lowest BCUT2D eigenvalue weighted by atomic mass is 10.3. The molecule has 0 unspecified atom stereocenters. The number of aromatic nitrogens is 1. The first-order valence-corrected chi connectivity index (χ1v) is 7.96. The Bertz CT molecular complexity index is 493. The number of hydrogen-bond acceptors (Lipinski definition) is 5. The molecule has 0 fully saturated rings.